The molecule has 0 heterocycles. The molecule has 118 valence electrons. The summed E-state index contributed by atoms with van der Waals surface area (Å²) in [4.78, 5) is 11.0. The maximum atomic E-state index is 11.0. The van der Waals surface area contributed by atoms with E-state index in [0.29, 0.717) is 30.1 Å². The number of ether oxygens (including phenoxy) is 3. The molecule has 0 aliphatic carbocycles. The normalized spacial score (nSPS) is 13.4. The van der Waals surface area contributed by atoms with Gasteiger partial charge in [0.1, 0.15) is 11.8 Å². The van der Waals surface area contributed by atoms with Gasteiger partial charge in [-0.05, 0) is 30.9 Å². The SMILES string of the molecule is CCC(CC(N)C(=O)O)c1c(OC)ccc(OC)c1OC. The van der Waals surface area contributed by atoms with Crippen LogP contribution in [0.25, 0.3) is 0 Å². The monoisotopic (exact) mass is 297 g/mol. The predicted octanol–water partition coefficient (Wildman–Crippen LogP) is 2.01. The van der Waals surface area contributed by atoms with E-state index < -0.39 is 12.0 Å². The Kier molecular flexibility index (Phi) is 6.30. The van der Waals surface area contributed by atoms with Crippen LogP contribution in [0, 0.1) is 0 Å². The molecule has 2 atom stereocenters. The molecule has 0 radical (unpaired) electrons. The van der Waals surface area contributed by atoms with Crippen LogP contribution in [0.1, 0.15) is 31.2 Å². The van der Waals surface area contributed by atoms with Gasteiger partial charge in [0.15, 0.2) is 11.5 Å². The van der Waals surface area contributed by atoms with Crippen molar-refractivity contribution < 1.29 is 24.1 Å². The number of hydrogen-bond donors (Lipinski definition) is 2. The van der Waals surface area contributed by atoms with Crippen LogP contribution >= 0.6 is 0 Å². The summed E-state index contributed by atoms with van der Waals surface area (Å²) in [6.07, 6.45) is 1.01. The average Bonchev–Trinajstić information content (AvgIpc) is 2.50. The van der Waals surface area contributed by atoms with Crippen molar-refractivity contribution in [3.63, 3.8) is 0 Å². The third-order valence-electron chi connectivity index (χ3n) is 3.52. The van der Waals surface area contributed by atoms with Gasteiger partial charge in [0, 0.05) is 5.56 Å². The zero-order valence-corrected chi connectivity index (χ0v) is 12.9. The summed E-state index contributed by atoms with van der Waals surface area (Å²) >= 11 is 0. The molecular weight excluding hydrogens is 274 g/mol. The van der Waals surface area contributed by atoms with Crippen molar-refractivity contribution in [2.24, 2.45) is 5.73 Å². The quantitative estimate of drug-likeness (QED) is 0.762. The molecule has 0 amide bonds. The van der Waals surface area contributed by atoms with E-state index >= 15 is 0 Å². The van der Waals surface area contributed by atoms with Crippen molar-refractivity contribution in [1.29, 1.82) is 0 Å². The molecule has 0 saturated heterocycles. The molecule has 21 heavy (non-hydrogen) atoms. The molecular formula is C15H23NO5. The van der Waals surface area contributed by atoms with Gasteiger partial charge in [-0.15, -0.1) is 0 Å². The lowest BCUT2D eigenvalue weighted by molar-refractivity contribution is -0.138. The molecule has 0 aliphatic heterocycles. The van der Waals surface area contributed by atoms with E-state index in [1.807, 2.05) is 6.92 Å². The van der Waals surface area contributed by atoms with E-state index in [1.54, 1.807) is 33.5 Å². The lowest BCUT2D eigenvalue weighted by Crippen LogP contribution is -2.32. The Bertz CT molecular complexity index is 489. The van der Waals surface area contributed by atoms with Gasteiger partial charge in [-0.3, -0.25) is 4.79 Å². The van der Waals surface area contributed by atoms with Crippen molar-refractivity contribution in [2.45, 2.75) is 31.7 Å². The molecule has 6 nitrogen and oxygen atoms in total. The standard InChI is InChI=1S/C15H23NO5/c1-5-9(8-10(16)15(17)18)13-11(19-2)6-7-12(20-3)14(13)21-4/h6-7,9-10H,5,8,16H2,1-4H3,(H,17,18). The number of carbonyl (C=O) groups is 1. The second kappa shape index (κ2) is 7.73. The molecule has 1 rings (SSSR count). The van der Waals surface area contributed by atoms with Gasteiger partial charge in [-0.25, -0.2) is 0 Å². The highest BCUT2D eigenvalue weighted by Crippen LogP contribution is 2.44. The van der Waals surface area contributed by atoms with Crippen LogP contribution in [0.5, 0.6) is 17.2 Å². The molecule has 0 fully saturated rings. The van der Waals surface area contributed by atoms with E-state index in [2.05, 4.69) is 0 Å². The Morgan fingerprint density at radius 3 is 2.19 bits per heavy atom. The Hall–Kier alpha value is -1.95. The van der Waals surface area contributed by atoms with E-state index in [1.165, 1.54) is 0 Å². The zero-order valence-electron chi connectivity index (χ0n) is 12.9. The highest BCUT2D eigenvalue weighted by Gasteiger charge is 2.26. The van der Waals surface area contributed by atoms with Crippen LogP contribution in [0.3, 0.4) is 0 Å². The molecule has 0 aromatic heterocycles. The van der Waals surface area contributed by atoms with Crippen LogP contribution in [0.15, 0.2) is 12.1 Å². The van der Waals surface area contributed by atoms with Crippen LogP contribution in [0.4, 0.5) is 0 Å². The summed E-state index contributed by atoms with van der Waals surface area (Å²) in [6, 6.07) is 2.60. The van der Waals surface area contributed by atoms with Crippen LogP contribution in [0.2, 0.25) is 0 Å². The fraction of sp³-hybridized carbons (Fsp3) is 0.533. The third kappa shape index (κ3) is 3.78. The number of carboxylic acids is 1. The van der Waals surface area contributed by atoms with Gasteiger partial charge in [0.2, 0.25) is 0 Å². The molecule has 1 aromatic carbocycles. The number of rotatable bonds is 8. The van der Waals surface area contributed by atoms with Gasteiger partial charge in [0.25, 0.3) is 0 Å². The third-order valence-corrected chi connectivity index (χ3v) is 3.52. The smallest absolute Gasteiger partial charge is 0.320 e. The Balaban J connectivity index is 3.31. The van der Waals surface area contributed by atoms with Gasteiger partial charge < -0.3 is 25.1 Å². The topological polar surface area (TPSA) is 91.0 Å². The van der Waals surface area contributed by atoms with Gasteiger partial charge >= 0.3 is 5.97 Å². The lowest BCUT2D eigenvalue weighted by Gasteiger charge is -2.23. The first-order valence-electron chi connectivity index (χ1n) is 6.77. The molecule has 6 heteroatoms. The highest BCUT2D eigenvalue weighted by atomic mass is 16.5. The minimum Gasteiger partial charge on any atom is -0.496 e. The molecule has 0 saturated carbocycles. The number of methoxy groups -OCH3 is 3. The predicted molar refractivity (Wildman–Crippen MR) is 79.4 cm³/mol. The van der Waals surface area contributed by atoms with Gasteiger partial charge in [-0.1, -0.05) is 6.92 Å². The Morgan fingerprint density at radius 1 is 1.19 bits per heavy atom. The maximum absolute atomic E-state index is 11.0. The van der Waals surface area contributed by atoms with Gasteiger partial charge in [-0.2, -0.15) is 0 Å². The van der Waals surface area contributed by atoms with Crippen LogP contribution < -0.4 is 19.9 Å². The number of carboxylic acid groups (broad SMARTS) is 1. The second-order valence-electron chi connectivity index (χ2n) is 4.70. The fourth-order valence-electron chi connectivity index (χ4n) is 2.39. The lowest BCUT2D eigenvalue weighted by atomic mass is 9.88. The van der Waals surface area contributed by atoms with Crippen molar-refractivity contribution in [2.75, 3.05) is 21.3 Å². The van der Waals surface area contributed by atoms with Crippen molar-refractivity contribution in [3.05, 3.63) is 17.7 Å². The van der Waals surface area contributed by atoms with Crippen LogP contribution in [-0.4, -0.2) is 38.4 Å². The first-order valence-corrected chi connectivity index (χ1v) is 6.77. The zero-order chi connectivity index (χ0) is 16.0. The van der Waals surface area contributed by atoms with Crippen LogP contribution in [-0.2, 0) is 4.79 Å². The summed E-state index contributed by atoms with van der Waals surface area (Å²) in [7, 11) is 4.66. The summed E-state index contributed by atoms with van der Waals surface area (Å²) in [6.45, 7) is 1.97. The molecule has 2 unspecified atom stereocenters. The minimum atomic E-state index is -1.02. The van der Waals surface area contributed by atoms with E-state index in [4.69, 9.17) is 25.1 Å². The Morgan fingerprint density at radius 2 is 1.76 bits per heavy atom. The van der Waals surface area contributed by atoms with E-state index in [0.717, 1.165) is 5.56 Å². The average molecular weight is 297 g/mol. The summed E-state index contributed by atoms with van der Waals surface area (Å²) in [5, 5.41) is 9.01. The number of benzene rings is 1. The first-order chi connectivity index (χ1) is 9.99. The highest BCUT2D eigenvalue weighted by molar-refractivity contribution is 5.73. The Labute approximate surface area is 124 Å². The number of aliphatic carboxylic acids is 1. The molecule has 3 N–H and O–H groups in total. The largest absolute Gasteiger partial charge is 0.496 e. The second-order valence-corrected chi connectivity index (χ2v) is 4.70. The molecule has 0 aliphatic rings. The molecule has 0 spiro atoms. The number of hydrogen-bond acceptors (Lipinski definition) is 5. The molecule has 1 aromatic rings. The van der Waals surface area contributed by atoms with Crippen molar-refractivity contribution >= 4 is 5.97 Å². The van der Waals surface area contributed by atoms with Gasteiger partial charge in [0.05, 0.1) is 21.3 Å². The summed E-state index contributed by atoms with van der Waals surface area (Å²) < 4.78 is 16.1. The maximum Gasteiger partial charge on any atom is 0.320 e. The number of nitrogens with two attached hydrogens (primary N) is 1. The fourth-order valence-corrected chi connectivity index (χ4v) is 2.39. The summed E-state index contributed by atoms with van der Waals surface area (Å²) in [5.41, 5.74) is 6.46. The first kappa shape index (κ1) is 17.1. The van der Waals surface area contributed by atoms with Crippen molar-refractivity contribution in [1.82, 2.24) is 0 Å². The summed E-state index contributed by atoms with van der Waals surface area (Å²) in [5.74, 6) is 0.652. The van der Waals surface area contributed by atoms with Crippen molar-refractivity contribution in [3.8, 4) is 17.2 Å². The molecule has 0 bridgehead atoms. The van der Waals surface area contributed by atoms with E-state index in [-0.39, 0.29) is 5.92 Å². The van der Waals surface area contributed by atoms with E-state index in [9.17, 15) is 4.79 Å². The minimum absolute atomic E-state index is 0.101.